The van der Waals surface area contributed by atoms with Gasteiger partial charge in [-0.1, -0.05) is 0 Å². The van der Waals surface area contributed by atoms with E-state index in [0.717, 1.165) is 19.5 Å². The number of nitrogens with zero attached hydrogens (tertiary/aromatic N) is 4. The van der Waals surface area contributed by atoms with Crippen molar-refractivity contribution in [3.05, 3.63) is 30.3 Å². The van der Waals surface area contributed by atoms with Gasteiger partial charge in [0, 0.05) is 6.42 Å². The zero-order chi connectivity index (χ0) is 14.7. The predicted octanol–water partition coefficient (Wildman–Crippen LogP) is 0.739. The molecule has 1 atom stereocenters. The van der Waals surface area contributed by atoms with E-state index in [1.165, 1.54) is 23.1 Å². The summed E-state index contributed by atoms with van der Waals surface area (Å²) in [4.78, 5) is 12.0. The second-order valence-electron chi connectivity index (χ2n) is 5.03. The van der Waals surface area contributed by atoms with Crippen molar-refractivity contribution in [1.29, 1.82) is 0 Å². The molecule has 2 heterocycles. The number of anilines is 1. The van der Waals surface area contributed by atoms with Gasteiger partial charge >= 0.3 is 0 Å². The summed E-state index contributed by atoms with van der Waals surface area (Å²) in [6.07, 6.45) is 2.77. The van der Waals surface area contributed by atoms with Crippen LogP contribution in [-0.2, 0) is 4.79 Å². The van der Waals surface area contributed by atoms with E-state index in [4.69, 9.17) is 0 Å². The summed E-state index contributed by atoms with van der Waals surface area (Å²) >= 11 is 0. The Hall–Kier alpha value is -2.35. The third-order valence-corrected chi connectivity index (χ3v) is 3.47. The van der Waals surface area contributed by atoms with Gasteiger partial charge in [-0.25, -0.2) is 9.07 Å². The number of hydrogen-bond donors (Lipinski definition) is 2. The van der Waals surface area contributed by atoms with Crippen LogP contribution < -0.4 is 10.6 Å². The molecule has 110 valence electrons. The molecule has 1 unspecified atom stereocenters. The lowest BCUT2D eigenvalue weighted by Crippen LogP contribution is -2.19. The smallest absolute Gasteiger partial charge is 0.224 e. The first-order chi connectivity index (χ1) is 10.2. The number of amides is 1. The summed E-state index contributed by atoms with van der Waals surface area (Å²) in [5.74, 6) is -0.350. The molecule has 1 saturated heterocycles. The summed E-state index contributed by atoms with van der Waals surface area (Å²) < 4.78 is 15.2. The highest BCUT2D eigenvalue weighted by Gasteiger charge is 2.19. The fourth-order valence-corrected chi connectivity index (χ4v) is 2.38. The molecule has 7 nitrogen and oxygen atoms in total. The fourth-order valence-electron chi connectivity index (χ4n) is 2.38. The number of aromatic nitrogens is 4. The molecule has 1 fully saturated rings. The van der Waals surface area contributed by atoms with E-state index >= 15 is 0 Å². The second kappa shape index (κ2) is 5.96. The summed E-state index contributed by atoms with van der Waals surface area (Å²) in [6.45, 7) is 1.77. The summed E-state index contributed by atoms with van der Waals surface area (Å²) in [6, 6.07) is 4.34. The maximum atomic E-state index is 13.8. The van der Waals surface area contributed by atoms with Crippen LogP contribution in [0.1, 0.15) is 12.8 Å². The van der Waals surface area contributed by atoms with E-state index in [1.54, 1.807) is 6.07 Å². The second-order valence-corrected chi connectivity index (χ2v) is 5.03. The Labute approximate surface area is 120 Å². The molecule has 2 aromatic rings. The van der Waals surface area contributed by atoms with Crippen LogP contribution >= 0.6 is 0 Å². The molecule has 1 aliphatic rings. The largest absolute Gasteiger partial charge is 0.324 e. The number of carbonyl (C=O) groups excluding carboxylic acids is 1. The van der Waals surface area contributed by atoms with Crippen LogP contribution in [0.2, 0.25) is 0 Å². The zero-order valence-electron chi connectivity index (χ0n) is 11.3. The van der Waals surface area contributed by atoms with Gasteiger partial charge in [0.05, 0.1) is 11.4 Å². The van der Waals surface area contributed by atoms with Crippen LogP contribution in [0.25, 0.3) is 5.69 Å². The minimum absolute atomic E-state index is 0.138. The summed E-state index contributed by atoms with van der Waals surface area (Å²) in [5, 5.41) is 16.6. The van der Waals surface area contributed by atoms with E-state index in [9.17, 15) is 9.18 Å². The first-order valence-electron chi connectivity index (χ1n) is 6.76. The molecule has 1 aromatic heterocycles. The highest BCUT2D eigenvalue weighted by molar-refractivity contribution is 5.91. The van der Waals surface area contributed by atoms with Gasteiger partial charge in [-0.2, -0.15) is 0 Å². The van der Waals surface area contributed by atoms with Crippen LogP contribution in [0, 0.1) is 11.7 Å². The normalized spacial score (nSPS) is 17.9. The standard InChI is InChI=1S/C13H15FN6O/c14-11-2-1-10(20-8-16-18-19-20)6-12(11)17-13(21)5-9-3-4-15-7-9/h1-2,6,8-9,15H,3-5,7H2,(H,17,21). The molecule has 0 aliphatic carbocycles. The number of halogens is 1. The van der Waals surface area contributed by atoms with Crippen LogP contribution in [0.4, 0.5) is 10.1 Å². The van der Waals surface area contributed by atoms with Crippen molar-refractivity contribution in [2.24, 2.45) is 5.92 Å². The molecule has 0 saturated carbocycles. The number of hydrogen-bond acceptors (Lipinski definition) is 5. The summed E-state index contributed by atoms with van der Waals surface area (Å²) in [5.41, 5.74) is 0.721. The zero-order valence-corrected chi connectivity index (χ0v) is 11.3. The average molecular weight is 290 g/mol. The topological polar surface area (TPSA) is 84.7 Å². The van der Waals surface area contributed by atoms with Gasteiger partial charge in [-0.15, -0.1) is 5.10 Å². The molecule has 21 heavy (non-hydrogen) atoms. The minimum Gasteiger partial charge on any atom is -0.324 e. The van der Waals surface area contributed by atoms with E-state index in [0.29, 0.717) is 18.0 Å². The molecule has 1 aliphatic heterocycles. The number of benzene rings is 1. The van der Waals surface area contributed by atoms with Gasteiger partial charge in [0.1, 0.15) is 12.1 Å². The van der Waals surface area contributed by atoms with Crippen molar-refractivity contribution < 1.29 is 9.18 Å². The van der Waals surface area contributed by atoms with E-state index < -0.39 is 5.82 Å². The van der Waals surface area contributed by atoms with Gasteiger partial charge in [-0.3, -0.25) is 4.79 Å². The Morgan fingerprint density at radius 2 is 2.43 bits per heavy atom. The molecule has 1 amide bonds. The summed E-state index contributed by atoms with van der Waals surface area (Å²) in [7, 11) is 0. The van der Waals surface area contributed by atoms with Crippen LogP contribution in [0.5, 0.6) is 0 Å². The predicted molar refractivity (Wildman–Crippen MR) is 73.3 cm³/mol. The van der Waals surface area contributed by atoms with Crippen LogP contribution in [0.15, 0.2) is 24.5 Å². The molecular weight excluding hydrogens is 275 g/mol. The van der Waals surface area contributed by atoms with Crippen molar-refractivity contribution in [2.75, 3.05) is 18.4 Å². The van der Waals surface area contributed by atoms with Crippen LogP contribution in [-0.4, -0.2) is 39.2 Å². The van der Waals surface area contributed by atoms with E-state index in [-0.39, 0.29) is 11.6 Å². The van der Waals surface area contributed by atoms with Gasteiger partial charge < -0.3 is 10.6 Å². The highest BCUT2D eigenvalue weighted by Crippen LogP contribution is 2.20. The van der Waals surface area contributed by atoms with Crippen LogP contribution in [0.3, 0.4) is 0 Å². The number of rotatable bonds is 4. The Morgan fingerprint density at radius 3 is 3.14 bits per heavy atom. The average Bonchev–Trinajstić information content (AvgIpc) is 3.14. The molecule has 0 bridgehead atoms. The van der Waals surface area contributed by atoms with Gasteiger partial charge in [0.15, 0.2) is 0 Å². The quantitative estimate of drug-likeness (QED) is 0.867. The first kappa shape index (κ1) is 13.6. The van der Waals surface area contributed by atoms with E-state index in [1.807, 2.05) is 0 Å². The molecule has 1 aromatic carbocycles. The van der Waals surface area contributed by atoms with Crippen molar-refractivity contribution in [3.63, 3.8) is 0 Å². The van der Waals surface area contributed by atoms with Gasteiger partial charge in [-0.05, 0) is 54.1 Å². The molecule has 3 rings (SSSR count). The lowest BCUT2D eigenvalue weighted by atomic mass is 10.0. The number of carbonyl (C=O) groups is 1. The molecule has 0 spiro atoms. The third kappa shape index (κ3) is 3.22. The van der Waals surface area contributed by atoms with Crippen molar-refractivity contribution in [1.82, 2.24) is 25.5 Å². The van der Waals surface area contributed by atoms with E-state index in [2.05, 4.69) is 26.2 Å². The fraction of sp³-hybridized carbons (Fsp3) is 0.385. The molecule has 2 N–H and O–H groups in total. The minimum atomic E-state index is -0.482. The SMILES string of the molecule is O=C(CC1CCNC1)Nc1cc(-n2cnnn2)ccc1F. The maximum Gasteiger partial charge on any atom is 0.224 e. The molecule has 8 heteroatoms. The lowest BCUT2D eigenvalue weighted by Gasteiger charge is -2.11. The monoisotopic (exact) mass is 290 g/mol. The molecule has 0 radical (unpaired) electrons. The Morgan fingerprint density at radius 1 is 1.52 bits per heavy atom. The van der Waals surface area contributed by atoms with Crippen molar-refractivity contribution in [3.8, 4) is 5.69 Å². The first-order valence-corrected chi connectivity index (χ1v) is 6.76. The van der Waals surface area contributed by atoms with Gasteiger partial charge in [0.2, 0.25) is 5.91 Å². The third-order valence-electron chi connectivity index (χ3n) is 3.47. The van der Waals surface area contributed by atoms with Gasteiger partial charge in [0.25, 0.3) is 0 Å². The Kier molecular flexibility index (Phi) is 3.87. The lowest BCUT2D eigenvalue weighted by molar-refractivity contribution is -0.117. The number of nitrogens with one attached hydrogen (secondary N) is 2. The molecular formula is C13H15FN6O. The maximum absolute atomic E-state index is 13.8. The Bertz CT molecular complexity index is 624. The Balaban J connectivity index is 1.72. The number of tetrazole rings is 1. The van der Waals surface area contributed by atoms with Crippen molar-refractivity contribution in [2.45, 2.75) is 12.8 Å². The highest BCUT2D eigenvalue weighted by atomic mass is 19.1. The van der Waals surface area contributed by atoms with Crippen molar-refractivity contribution >= 4 is 11.6 Å².